The summed E-state index contributed by atoms with van der Waals surface area (Å²) in [6.07, 6.45) is 0. The van der Waals surface area contributed by atoms with Crippen LogP contribution in [0.15, 0.2) is 218 Å². The van der Waals surface area contributed by atoms with Gasteiger partial charge in [-0.05, 0) is 156 Å². The predicted octanol–water partition coefficient (Wildman–Crippen LogP) is 17.9. The van der Waals surface area contributed by atoms with Crippen molar-refractivity contribution in [3.63, 3.8) is 0 Å². The third-order valence-electron chi connectivity index (χ3n) is 14.4. The number of ether oxygens (including phenoxy) is 2. The van der Waals surface area contributed by atoms with Crippen LogP contribution in [0.1, 0.15) is 25.0 Å². The Balaban J connectivity index is 1.13. The lowest BCUT2D eigenvalue weighted by Crippen LogP contribution is -2.17. The van der Waals surface area contributed by atoms with Crippen LogP contribution in [0.25, 0.3) is 65.7 Å². The highest BCUT2D eigenvalue weighted by Gasteiger charge is 2.38. The molecular formula is C63H42N2O2. The lowest BCUT2D eigenvalue weighted by molar-refractivity contribution is 0.477. The number of fused-ring (bicyclic) bond motifs is 10. The van der Waals surface area contributed by atoms with Crippen LogP contribution in [0, 0.1) is 0 Å². The second-order valence-corrected chi connectivity index (χ2v) is 18.4. The Morgan fingerprint density at radius 3 is 1.40 bits per heavy atom. The smallest absolute Gasteiger partial charge is 0.151 e. The minimum absolute atomic E-state index is 0.251. The molecule has 4 nitrogen and oxygen atoms in total. The Morgan fingerprint density at radius 1 is 0.343 bits per heavy atom. The van der Waals surface area contributed by atoms with Gasteiger partial charge in [-0.2, -0.15) is 0 Å². The average Bonchev–Trinajstić information content (AvgIpc) is 3.61. The fourth-order valence-corrected chi connectivity index (χ4v) is 11.5. The second-order valence-electron chi connectivity index (χ2n) is 18.4. The Labute approximate surface area is 389 Å². The van der Waals surface area contributed by atoms with Gasteiger partial charge in [0.25, 0.3) is 0 Å². The highest BCUT2D eigenvalue weighted by atomic mass is 16.5. The van der Waals surface area contributed by atoms with E-state index in [1.165, 1.54) is 76.8 Å². The molecule has 0 aromatic heterocycles. The SMILES string of the molecule is CC1(C)c2ccccc2-c2cccc(-c3c4ccc(N5c6ccccc6Oc6ccccc65)cc4c(-c4ccc5ccccc5c4)c4ccc(N5c6ccccc6Oc6ccccc65)cc34)c21. The van der Waals surface area contributed by atoms with Crippen LogP contribution in [0.4, 0.5) is 34.1 Å². The lowest BCUT2D eigenvalue weighted by atomic mass is 9.76. The fourth-order valence-electron chi connectivity index (χ4n) is 11.5. The van der Waals surface area contributed by atoms with Gasteiger partial charge in [-0.1, -0.05) is 153 Å². The first kappa shape index (κ1) is 37.7. The van der Waals surface area contributed by atoms with Crippen molar-refractivity contribution < 1.29 is 9.47 Å². The third-order valence-corrected chi connectivity index (χ3v) is 14.4. The Hall–Kier alpha value is -8.60. The van der Waals surface area contributed by atoms with Crippen molar-refractivity contribution in [2.45, 2.75) is 19.3 Å². The molecule has 3 aliphatic rings. The molecule has 316 valence electrons. The van der Waals surface area contributed by atoms with Crippen LogP contribution in [-0.4, -0.2) is 0 Å². The molecule has 0 fully saturated rings. The Morgan fingerprint density at radius 2 is 0.806 bits per heavy atom. The zero-order valence-electron chi connectivity index (χ0n) is 37.0. The van der Waals surface area contributed by atoms with Crippen molar-refractivity contribution >= 4 is 66.4 Å². The molecule has 67 heavy (non-hydrogen) atoms. The molecule has 1 aliphatic carbocycles. The van der Waals surface area contributed by atoms with Gasteiger partial charge in [0.1, 0.15) is 0 Å². The summed E-state index contributed by atoms with van der Waals surface area (Å²) in [6.45, 7) is 4.79. The first-order chi connectivity index (χ1) is 33.0. The van der Waals surface area contributed by atoms with E-state index >= 15 is 0 Å². The van der Waals surface area contributed by atoms with Crippen LogP contribution in [0.3, 0.4) is 0 Å². The van der Waals surface area contributed by atoms with Crippen molar-refractivity contribution in [3.8, 4) is 56.4 Å². The van der Waals surface area contributed by atoms with Crippen molar-refractivity contribution in [1.29, 1.82) is 0 Å². The number of nitrogens with zero attached hydrogens (tertiary/aromatic N) is 2. The maximum absolute atomic E-state index is 6.54. The third kappa shape index (κ3) is 5.54. The quantitative estimate of drug-likeness (QED) is 0.165. The Bertz CT molecular complexity index is 3790. The largest absolute Gasteiger partial charge is 0.453 e. The number of para-hydroxylation sites is 8. The van der Waals surface area contributed by atoms with E-state index in [0.29, 0.717) is 0 Å². The van der Waals surface area contributed by atoms with Crippen LogP contribution in [0.5, 0.6) is 23.0 Å². The molecule has 14 rings (SSSR count). The van der Waals surface area contributed by atoms with Gasteiger partial charge in [-0.3, -0.25) is 0 Å². The fraction of sp³-hybridized carbons (Fsp3) is 0.0476. The van der Waals surface area contributed by atoms with Gasteiger partial charge in [-0.15, -0.1) is 0 Å². The van der Waals surface area contributed by atoms with E-state index in [9.17, 15) is 0 Å². The van der Waals surface area contributed by atoms with Gasteiger partial charge < -0.3 is 19.3 Å². The predicted molar refractivity (Wildman–Crippen MR) is 277 cm³/mol. The van der Waals surface area contributed by atoms with E-state index < -0.39 is 0 Å². The molecule has 0 saturated heterocycles. The van der Waals surface area contributed by atoms with E-state index in [2.05, 4.69) is 218 Å². The minimum atomic E-state index is -0.251. The van der Waals surface area contributed by atoms with E-state index in [1.54, 1.807) is 0 Å². The molecular weight excluding hydrogens is 817 g/mol. The number of hydrogen-bond donors (Lipinski definition) is 0. The first-order valence-corrected chi connectivity index (χ1v) is 23.1. The van der Waals surface area contributed by atoms with Crippen molar-refractivity contribution in [1.82, 2.24) is 0 Å². The van der Waals surface area contributed by atoms with Gasteiger partial charge >= 0.3 is 0 Å². The molecule has 11 aromatic carbocycles. The second kappa shape index (κ2) is 14.2. The first-order valence-electron chi connectivity index (χ1n) is 23.1. The van der Waals surface area contributed by atoms with Gasteiger partial charge in [0.15, 0.2) is 23.0 Å². The number of benzene rings is 11. The number of rotatable bonds is 4. The molecule has 0 amide bonds. The summed E-state index contributed by atoms with van der Waals surface area (Å²) in [5, 5.41) is 7.15. The van der Waals surface area contributed by atoms with Gasteiger partial charge in [0.2, 0.25) is 0 Å². The van der Waals surface area contributed by atoms with Crippen molar-refractivity contribution in [2.24, 2.45) is 0 Å². The van der Waals surface area contributed by atoms with E-state index in [1.807, 2.05) is 24.3 Å². The highest BCUT2D eigenvalue weighted by molar-refractivity contribution is 6.24. The number of anilines is 6. The monoisotopic (exact) mass is 858 g/mol. The normalized spacial score (nSPS) is 13.8. The van der Waals surface area contributed by atoms with Crippen LogP contribution < -0.4 is 19.3 Å². The van der Waals surface area contributed by atoms with E-state index in [-0.39, 0.29) is 5.41 Å². The molecule has 2 heterocycles. The standard InChI is InChI=1S/C63H42N2O2/c1-63(2)51-21-6-5-18-44(51)47-19-15-20-48(62(47)63)61-46-35-33-42(64-52-22-7-11-26-56(52)66-57-27-12-8-23-53(57)64)37-49(46)60(41-31-30-39-16-3-4-17-40(39)36-41)45-34-32-43(38-50(45)61)65-54-24-9-13-28-58(54)67-59-29-14-10-25-55(59)65/h3-38H,1-2H3. The summed E-state index contributed by atoms with van der Waals surface area (Å²) in [5.41, 5.74) is 16.0. The summed E-state index contributed by atoms with van der Waals surface area (Å²) in [7, 11) is 0. The van der Waals surface area contributed by atoms with Crippen LogP contribution >= 0.6 is 0 Å². The topological polar surface area (TPSA) is 24.9 Å². The highest BCUT2D eigenvalue weighted by Crippen LogP contribution is 2.58. The molecule has 0 radical (unpaired) electrons. The molecule has 0 saturated carbocycles. The summed E-state index contributed by atoms with van der Waals surface area (Å²) in [5.74, 6) is 3.32. The molecule has 0 N–H and O–H groups in total. The van der Waals surface area contributed by atoms with Gasteiger partial charge in [0, 0.05) is 16.8 Å². The lowest BCUT2D eigenvalue weighted by Gasteiger charge is -2.34. The average molecular weight is 859 g/mol. The molecule has 2 aliphatic heterocycles. The summed E-state index contributed by atoms with van der Waals surface area (Å²) in [4.78, 5) is 4.72. The number of hydrogen-bond acceptors (Lipinski definition) is 4. The molecule has 4 heteroatoms. The maximum Gasteiger partial charge on any atom is 0.151 e. The molecule has 0 unspecified atom stereocenters. The Kier molecular flexibility index (Phi) is 8.00. The maximum atomic E-state index is 6.54. The summed E-state index contributed by atoms with van der Waals surface area (Å²) >= 11 is 0. The zero-order chi connectivity index (χ0) is 44.4. The van der Waals surface area contributed by atoms with Crippen LogP contribution in [-0.2, 0) is 5.41 Å². The van der Waals surface area contributed by atoms with E-state index in [0.717, 1.165) is 57.1 Å². The van der Waals surface area contributed by atoms with Gasteiger partial charge in [-0.25, -0.2) is 0 Å². The molecule has 0 bridgehead atoms. The van der Waals surface area contributed by atoms with E-state index in [4.69, 9.17) is 9.47 Å². The van der Waals surface area contributed by atoms with Crippen LogP contribution in [0.2, 0.25) is 0 Å². The summed E-state index contributed by atoms with van der Waals surface area (Å²) < 4.78 is 13.1. The van der Waals surface area contributed by atoms with Crippen molar-refractivity contribution in [2.75, 3.05) is 9.80 Å². The zero-order valence-corrected chi connectivity index (χ0v) is 37.0. The van der Waals surface area contributed by atoms with Crippen molar-refractivity contribution in [3.05, 3.63) is 230 Å². The molecule has 0 atom stereocenters. The van der Waals surface area contributed by atoms with Gasteiger partial charge in [0.05, 0.1) is 22.7 Å². The summed E-state index contributed by atoms with van der Waals surface area (Å²) in [6, 6.07) is 79.2. The molecule has 0 spiro atoms. The minimum Gasteiger partial charge on any atom is -0.453 e. The molecule has 11 aromatic rings.